The summed E-state index contributed by atoms with van der Waals surface area (Å²) in [7, 11) is 0. The molecule has 4 rings (SSSR count). The Morgan fingerprint density at radius 3 is 2.59 bits per heavy atom. The Morgan fingerprint density at radius 2 is 1.89 bits per heavy atom. The van der Waals surface area contributed by atoms with Crippen molar-refractivity contribution in [3.8, 4) is 11.3 Å². The van der Waals surface area contributed by atoms with Crippen molar-refractivity contribution in [2.75, 3.05) is 6.54 Å². The lowest BCUT2D eigenvalue weighted by Gasteiger charge is -2.35. The molecule has 1 unspecified atom stereocenters. The van der Waals surface area contributed by atoms with Gasteiger partial charge in [0.1, 0.15) is 11.6 Å². The van der Waals surface area contributed by atoms with Crippen molar-refractivity contribution in [1.29, 1.82) is 0 Å². The Balaban J connectivity index is 1.55. The van der Waals surface area contributed by atoms with Crippen molar-refractivity contribution in [1.82, 2.24) is 20.6 Å². The van der Waals surface area contributed by atoms with E-state index < -0.39 is 29.4 Å². The molecule has 0 saturated heterocycles. The number of hydrogen-bond acceptors (Lipinski definition) is 6. The minimum atomic E-state index is -2.39. The summed E-state index contributed by atoms with van der Waals surface area (Å²) in [6, 6.07) is 7.77. The molecule has 0 bridgehead atoms. The number of amides is 1. The van der Waals surface area contributed by atoms with Crippen molar-refractivity contribution >= 4 is 5.91 Å². The molecule has 1 aliphatic rings. The fourth-order valence-corrected chi connectivity index (χ4v) is 4.91. The minimum Gasteiger partial charge on any atom is -0.363 e. The van der Waals surface area contributed by atoms with Gasteiger partial charge in [-0.1, -0.05) is 12.1 Å². The van der Waals surface area contributed by atoms with Gasteiger partial charge in [0.25, 0.3) is 0 Å². The quantitative estimate of drug-likeness (QED) is 0.346. The molecule has 1 aromatic heterocycles. The molecular weight excluding hydrogens is 478 g/mol. The molecule has 0 fully saturated rings. The summed E-state index contributed by atoms with van der Waals surface area (Å²) in [6.45, 7) is 4.78. The van der Waals surface area contributed by atoms with E-state index in [4.69, 9.17) is 0 Å². The zero-order valence-electron chi connectivity index (χ0n) is 21.2. The highest BCUT2D eigenvalue weighted by Crippen LogP contribution is 2.34. The van der Waals surface area contributed by atoms with Crippen LogP contribution in [0.4, 0.5) is 8.78 Å². The van der Waals surface area contributed by atoms with Gasteiger partial charge in [0.2, 0.25) is 5.91 Å². The van der Waals surface area contributed by atoms with Gasteiger partial charge >= 0.3 is 0 Å². The van der Waals surface area contributed by atoms with Crippen molar-refractivity contribution in [2.24, 2.45) is 0 Å². The van der Waals surface area contributed by atoms with E-state index in [2.05, 4.69) is 32.7 Å². The average Bonchev–Trinajstić information content (AvgIpc) is 2.82. The maximum Gasteiger partial charge on any atom is 0.217 e. The smallest absolute Gasteiger partial charge is 0.217 e. The standard InChI is InChI=1S/C28H32F2N4O3/c1-16-14-31-17(2)27(33-16)21-8-7-20-5-4-6-25(24(20)12-21)32-15-28(36,37)26(34-18(3)35)11-19-9-22(29)13-23(30)10-19/h7-10,12-14,25-26,32,36-37H,4-6,11,15H2,1-3H3,(H,34,35)/t25?,26-/m0/s1. The van der Waals surface area contributed by atoms with E-state index in [1.54, 1.807) is 6.20 Å². The Morgan fingerprint density at radius 1 is 1.16 bits per heavy atom. The highest BCUT2D eigenvalue weighted by atomic mass is 19.1. The summed E-state index contributed by atoms with van der Waals surface area (Å²) in [5.41, 5.74) is 5.80. The maximum atomic E-state index is 13.7. The number of nitrogens with zero attached hydrogens (tertiary/aromatic N) is 2. The van der Waals surface area contributed by atoms with Crippen LogP contribution in [0.25, 0.3) is 11.3 Å². The van der Waals surface area contributed by atoms with E-state index in [1.807, 2.05) is 19.9 Å². The highest BCUT2D eigenvalue weighted by Gasteiger charge is 2.36. The summed E-state index contributed by atoms with van der Waals surface area (Å²) in [4.78, 5) is 20.9. The molecule has 37 heavy (non-hydrogen) atoms. The average molecular weight is 511 g/mol. The van der Waals surface area contributed by atoms with Crippen LogP contribution in [0.15, 0.2) is 42.6 Å². The van der Waals surface area contributed by atoms with E-state index in [0.29, 0.717) is 0 Å². The van der Waals surface area contributed by atoms with Crippen LogP contribution in [0, 0.1) is 25.5 Å². The normalized spacial score (nSPS) is 16.2. The largest absolute Gasteiger partial charge is 0.363 e. The first-order chi connectivity index (χ1) is 17.5. The number of benzene rings is 2. The zero-order chi connectivity index (χ0) is 26.7. The molecule has 4 N–H and O–H groups in total. The van der Waals surface area contributed by atoms with Crippen LogP contribution in [0.3, 0.4) is 0 Å². The Hall–Kier alpha value is -3.27. The molecule has 1 aliphatic carbocycles. The lowest BCUT2D eigenvalue weighted by molar-refractivity contribution is -0.182. The van der Waals surface area contributed by atoms with Crippen LogP contribution < -0.4 is 10.6 Å². The van der Waals surface area contributed by atoms with Crippen LogP contribution in [0.1, 0.15) is 53.9 Å². The summed E-state index contributed by atoms with van der Waals surface area (Å²) in [5, 5.41) is 27.7. The van der Waals surface area contributed by atoms with Crippen LogP contribution in [-0.4, -0.2) is 44.5 Å². The molecule has 0 radical (unpaired) electrons. The molecule has 1 amide bonds. The molecular formula is C28H32F2N4O3. The third-order valence-electron chi connectivity index (χ3n) is 6.72. The van der Waals surface area contributed by atoms with Gasteiger partial charge in [-0.05, 0) is 74.4 Å². The molecule has 9 heteroatoms. The molecule has 0 aliphatic heterocycles. The van der Waals surface area contributed by atoms with Gasteiger partial charge in [0, 0.05) is 30.8 Å². The summed E-state index contributed by atoms with van der Waals surface area (Å²) < 4.78 is 27.4. The number of fused-ring (bicyclic) bond motifs is 1. The number of carbonyl (C=O) groups is 1. The molecule has 1 heterocycles. The van der Waals surface area contributed by atoms with Crippen LogP contribution >= 0.6 is 0 Å². The maximum absolute atomic E-state index is 13.7. The van der Waals surface area contributed by atoms with Crippen LogP contribution in [0.2, 0.25) is 0 Å². The van der Waals surface area contributed by atoms with Gasteiger partial charge in [-0.15, -0.1) is 0 Å². The predicted octanol–water partition coefficient (Wildman–Crippen LogP) is 3.43. The first-order valence-electron chi connectivity index (χ1n) is 12.4. The van der Waals surface area contributed by atoms with Crippen molar-refractivity contribution < 1.29 is 23.8 Å². The monoisotopic (exact) mass is 510 g/mol. The SMILES string of the molecule is CC(=O)N[C@@H](Cc1cc(F)cc(F)c1)C(O)(O)CNC1CCCc2ccc(-c3nc(C)cnc3C)cc21. The first kappa shape index (κ1) is 26.8. The Kier molecular flexibility index (Phi) is 7.96. The third kappa shape index (κ3) is 6.54. The number of halogens is 2. The van der Waals surface area contributed by atoms with E-state index >= 15 is 0 Å². The summed E-state index contributed by atoms with van der Waals surface area (Å²) in [6.07, 6.45) is 4.18. The lowest BCUT2D eigenvalue weighted by Crippen LogP contribution is -2.58. The van der Waals surface area contributed by atoms with Crippen molar-refractivity contribution in [3.05, 3.63) is 82.3 Å². The van der Waals surface area contributed by atoms with Gasteiger partial charge in [-0.25, -0.2) is 13.8 Å². The lowest BCUT2D eigenvalue weighted by atomic mass is 9.85. The third-order valence-corrected chi connectivity index (χ3v) is 6.72. The van der Waals surface area contributed by atoms with Crippen LogP contribution in [0.5, 0.6) is 0 Å². The number of hydrogen-bond donors (Lipinski definition) is 4. The van der Waals surface area contributed by atoms with E-state index in [9.17, 15) is 23.8 Å². The van der Waals surface area contributed by atoms with Gasteiger partial charge in [-0.2, -0.15) is 0 Å². The number of aliphatic hydroxyl groups is 2. The first-order valence-corrected chi connectivity index (χ1v) is 12.4. The molecule has 0 saturated carbocycles. The molecule has 2 atom stereocenters. The number of rotatable bonds is 8. The van der Waals surface area contributed by atoms with E-state index in [-0.39, 0.29) is 24.6 Å². The second kappa shape index (κ2) is 11.0. The Bertz CT molecular complexity index is 1280. The summed E-state index contributed by atoms with van der Waals surface area (Å²) in [5.74, 6) is -4.43. The van der Waals surface area contributed by atoms with E-state index in [1.165, 1.54) is 12.5 Å². The number of carbonyl (C=O) groups excluding carboxylic acids is 1. The fourth-order valence-electron chi connectivity index (χ4n) is 4.91. The molecule has 2 aromatic carbocycles. The minimum absolute atomic E-state index is 0.162. The number of aryl methyl sites for hydroxylation is 3. The van der Waals surface area contributed by atoms with Gasteiger partial charge < -0.3 is 20.8 Å². The van der Waals surface area contributed by atoms with E-state index in [0.717, 1.165) is 65.7 Å². The van der Waals surface area contributed by atoms with Gasteiger partial charge in [-0.3, -0.25) is 9.78 Å². The topological polar surface area (TPSA) is 107 Å². The Labute approximate surface area is 215 Å². The van der Waals surface area contributed by atoms with Gasteiger partial charge in [0.15, 0.2) is 5.79 Å². The number of aromatic nitrogens is 2. The predicted molar refractivity (Wildman–Crippen MR) is 135 cm³/mol. The molecule has 3 aromatic rings. The molecule has 0 spiro atoms. The van der Waals surface area contributed by atoms with Gasteiger partial charge in [0.05, 0.1) is 29.7 Å². The second-order valence-electron chi connectivity index (χ2n) is 9.80. The number of nitrogens with one attached hydrogen (secondary N) is 2. The zero-order valence-corrected chi connectivity index (χ0v) is 21.2. The molecule has 196 valence electrons. The van der Waals surface area contributed by atoms with Crippen molar-refractivity contribution in [2.45, 2.75) is 64.3 Å². The van der Waals surface area contributed by atoms with Crippen LogP contribution in [-0.2, 0) is 17.6 Å². The molecule has 7 nitrogen and oxygen atoms in total. The highest BCUT2D eigenvalue weighted by molar-refractivity contribution is 5.73. The second-order valence-corrected chi connectivity index (χ2v) is 9.80. The fraction of sp³-hybridized carbons (Fsp3) is 0.393. The summed E-state index contributed by atoms with van der Waals surface area (Å²) >= 11 is 0. The van der Waals surface area contributed by atoms with Crippen molar-refractivity contribution in [3.63, 3.8) is 0 Å².